The minimum absolute atomic E-state index is 0.369. The number of hydrogen-bond acceptors (Lipinski definition) is 3. The van der Waals surface area contributed by atoms with E-state index in [9.17, 15) is 0 Å². The van der Waals surface area contributed by atoms with Gasteiger partial charge >= 0.3 is 0 Å². The third-order valence-corrected chi connectivity index (χ3v) is 5.01. The van der Waals surface area contributed by atoms with Crippen LogP contribution in [-0.4, -0.2) is 39.0 Å². The second kappa shape index (κ2) is 5.68. The lowest BCUT2D eigenvalue weighted by Gasteiger charge is -2.55. The molecule has 3 atom stereocenters. The molecule has 17 heavy (non-hydrogen) atoms. The summed E-state index contributed by atoms with van der Waals surface area (Å²) in [4.78, 5) is 0. The Morgan fingerprint density at radius 2 is 2.12 bits per heavy atom. The van der Waals surface area contributed by atoms with Crippen molar-refractivity contribution in [3.8, 4) is 0 Å². The van der Waals surface area contributed by atoms with Crippen molar-refractivity contribution in [3.05, 3.63) is 0 Å². The lowest BCUT2D eigenvalue weighted by molar-refractivity contribution is -0.146. The summed E-state index contributed by atoms with van der Waals surface area (Å²) >= 11 is 0. The zero-order valence-corrected chi connectivity index (χ0v) is 11.5. The molecule has 2 fully saturated rings. The third-order valence-electron chi connectivity index (χ3n) is 5.01. The fourth-order valence-electron chi connectivity index (χ4n) is 3.55. The van der Waals surface area contributed by atoms with Crippen LogP contribution < -0.4 is 5.32 Å². The molecule has 2 rings (SSSR count). The van der Waals surface area contributed by atoms with E-state index in [1.54, 1.807) is 0 Å². The molecule has 1 N–H and O–H groups in total. The normalized spacial score (nSPS) is 35.8. The Morgan fingerprint density at radius 1 is 1.35 bits per heavy atom. The first-order chi connectivity index (χ1) is 8.26. The molecule has 0 bridgehead atoms. The van der Waals surface area contributed by atoms with Gasteiger partial charge in [-0.3, -0.25) is 0 Å². The highest BCUT2D eigenvalue weighted by molar-refractivity contribution is 5.06. The average Bonchev–Trinajstić information content (AvgIpc) is 2.83. The van der Waals surface area contributed by atoms with Gasteiger partial charge in [-0.25, -0.2) is 0 Å². The topological polar surface area (TPSA) is 30.5 Å². The molecule has 1 saturated heterocycles. The largest absolute Gasteiger partial charge is 0.381 e. The van der Waals surface area contributed by atoms with Crippen molar-refractivity contribution < 1.29 is 9.47 Å². The molecule has 100 valence electrons. The van der Waals surface area contributed by atoms with E-state index in [0.29, 0.717) is 23.5 Å². The van der Waals surface area contributed by atoms with Gasteiger partial charge in [-0.15, -0.1) is 0 Å². The van der Waals surface area contributed by atoms with Crippen molar-refractivity contribution in [3.63, 3.8) is 0 Å². The standard InChI is InChI=1S/C14H27NO2/c1-4-14(5-2)12(15-3)8-13(14)17-10-11-6-7-16-9-11/h11-13,15H,4-10H2,1-3H3. The van der Waals surface area contributed by atoms with Crippen LogP contribution in [0.1, 0.15) is 39.5 Å². The van der Waals surface area contributed by atoms with E-state index in [0.717, 1.165) is 19.8 Å². The predicted octanol–water partition coefficient (Wildman–Crippen LogP) is 2.21. The Kier molecular flexibility index (Phi) is 4.45. The Morgan fingerprint density at radius 3 is 2.65 bits per heavy atom. The molecule has 0 aromatic carbocycles. The van der Waals surface area contributed by atoms with Gasteiger partial charge in [0.25, 0.3) is 0 Å². The van der Waals surface area contributed by atoms with Crippen LogP contribution in [0.5, 0.6) is 0 Å². The molecule has 0 aromatic rings. The predicted molar refractivity (Wildman–Crippen MR) is 69.1 cm³/mol. The van der Waals surface area contributed by atoms with Gasteiger partial charge in [-0.1, -0.05) is 13.8 Å². The summed E-state index contributed by atoms with van der Waals surface area (Å²) < 4.78 is 11.6. The van der Waals surface area contributed by atoms with Crippen molar-refractivity contribution in [2.75, 3.05) is 26.9 Å². The molecule has 0 radical (unpaired) electrons. The molecular weight excluding hydrogens is 214 g/mol. The molecule has 1 saturated carbocycles. The SMILES string of the molecule is CCC1(CC)C(NC)CC1OCC1CCOC1. The maximum absolute atomic E-state index is 6.17. The van der Waals surface area contributed by atoms with E-state index in [-0.39, 0.29) is 0 Å². The molecule has 0 spiro atoms. The Hall–Kier alpha value is -0.120. The van der Waals surface area contributed by atoms with Gasteiger partial charge in [0.05, 0.1) is 19.3 Å². The van der Waals surface area contributed by atoms with Gasteiger partial charge in [-0.2, -0.15) is 0 Å². The number of rotatable bonds is 6. The van der Waals surface area contributed by atoms with Crippen LogP contribution in [0.25, 0.3) is 0 Å². The van der Waals surface area contributed by atoms with Gasteiger partial charge in [-0.05, 0) is 32.7 Å². The van der Waals surface area contributed by atoms with E-state index in [1.807, 2.05) is 0 Å². The van der Waals surface area contributed by atoms with Crippen molar-refractivity contribution in [2.24, 2.45) is 11.3 Å². The molecule has 1 aliphatic carbocycles. The smallest absolute Gasteiger partial charge is 0.0661 e. The first kappa shape index (κ1) is 13.3. The fourth-order valence-corrected chi connectivity index (χ4v) is 3.55. The molecule has 0 amide bonds. The van der Waals surface area contributed by atoms with E-state index in [1.165, 1.54) is 25.7 Å². The lowest BCUT2D eigenvalue weighted by atomic mass is 9.58. The highest BCUT2D eigenvalue weighted by Gasteiger charge is 2.52. The first-order valence-corrected chi connectivity index (χ1v) is 7.13. The maximum atomic E-state index is 6.17. The molecule has 1 aliphatic heterocycles. The van der Waals surface area contributed by atoms with E-state index < -0.39 is 0 Å². The van der Waals surface area contributed by atoms with Crippen LogP contribution in [0.4, 0.5) is 0 Å². The van der Waals surface area contributed by atoms with Crippen molar-refractivity contribution in [1.82, 2.24) is 5.32 Å². The second-order valence-corrected chi connectivity index (χ2v) is 5.57. The molecule has 1 heterocycles. The minimum Gasteiger partial charge on any atom is -0.381 e. The van der Waals surface area contributed by atoms with Gasteiger partial charge < -0.3 is 14.8 Å². The van der Waals surface area contributed by atoms with E-state index >= 15 is 0 Å². The highest BCUT2D eigenvalue weighted by atomic mass is 16.5. The van der Waals surface area contributed by atoms with E-state index in [2.05, 4.69) is 26.2 Å². The number of hydrogen-bond donors (Lipinski definition) is 1. The summed E-state index contributed by atoms with van der Waals surface area (Å²) in [5.74, 6) is 0.634. The summed E-state index contributed by atoms with van der Waals surface area (Å²) in [6, 6.07) is 0.641. The lowest BCUT2D eigenvalue weighted by Crippen LogP contribution is -2.62. The van der Waals surface area contributed by atoms with Gasteiger partial charge in [0.1, 0.15) is 0 Å². The van der Waals surface area contributed by atoms with Gasteiger partial charge in [0, 0.05) is 24.0 Å². The van der Waals surface area contributed by atoms with Crippen molar-refractivity contribution >= 4 is 0 Å². The zero-order chi connectivity index (χ0) is 12.3. The molecule has 3 nitrogen and oxygen atoms in total. The summed E-state index contributed by atoms with van der Waals surface area (Å²) in [6.45, 7) is 7.30. The van der Waals surface area contributed by atoms with Crippen molar-refractivity contribution in [1.29, 1.82) is 0 Å². The molecule has 2 aliphatic rings. The maximum Gasteiger partial charge on any atom is 0.0661 e. The number of ether oxygens (including phenoxy) is 2. The Bertz CT molecular complexity index is 234. The number of nitrogens with one attached hydrogen (secondary N) is 1. The van der Waals surface area contributed by atoms with Crippen LogP contribution in [0, 0.1) is 11.3 Å². The third kappa shape index (κ3) is 2.38. The highest BCUT2D eigenvalue weighted by Crippen LogP contribution is 2.48. The quantitative estimate of drug-likeness (QED) is 0.773. The van der Waals surface area contributed by atoms with Crippen LogP contribution >= 0.6 is 0 Å². The summed E-state index contributed by atoms with van der Waals surface area (Å²) in [5, 5.41) is 3.45. The molecule has 3 unspecified atom stereocenters. The molecular formula is C14H27NO2. The van der Waals surface area contributed by atoms with Gasteiger partial charge in [0.2, 0.25) is 0 Å². The van der Waals surface area contributed by atoms with Crippen molar-refractivity contribution in [2.45, 2.75) is 51.7 Å². The van der Waals surface area contributed by atoms with Crippen LogP contribution in [0.3, 0.4) is 0 Å². The monoisotopic (exact) mass is 241 g/mol. The summed E-state index contributed by atoms with van der Waals surface area (Å²) in [7, 11) is 2.08. The Balaban J connectivity index is 1.84. The van der Waals surface area contributed by atoms with Crippen LogP contribution in [-0.2, 0) is 9.47 Å². The minimum atomic E-state index is 0.369. The Labute approximate surface area is 105 Å². The van der Waals surface area contributed by atoms with Crippen LogP contribution in [0.2, 0.25) is 0 Å². The van der Waals surface area contributed by atoms with Gasteiger partial charge in [0.15, 0.2) is 0 Å². The first-order valence-electron chi connectivity index (χ1n) is 7.13. The molecule has 0 aromatic heterocycles. The average molecular weight is 241 g/mol. The fraction of sp³-hybridized carbons (Fsp3) is 1.00. The second-order valence-electron chi connectivity index (χ2n) is 5.57. The summed E-state index contributed by atoms with van der Waals surface area (Å²) in [5.41, 5.74) is 0.369. The van der Waals surface area contributed by atoms with Crippen LogP contribution in [0.15, 0.2) is 0 Å². The molecule has 3 heteroatoms. The summed E-state index contributed by atoms with van der Waals surface area (Å²) in [6.07, 6.45) is 5.22. The van der Waals surface area contributed by atoms with E-state index in [4.69, 9.17) is 9.47 Å². The zero-order valence-electron chi connectivity index (χ0n) is 11.5.